The number of carbonyl (C=O) groups is 1. The molecule has 30 heavy (non-hydrogen) atoms. The Morgan fingerprint density at radius 3 is 2.40 bits per heavy atom. The average Bonchev–Trinajstić information content (AvgIpc) is 2.74. The normalized spacial score (nSPS) is 14.5. The number of amidine groups is 2. The van der Waals surface area contributed by atoms with Gasteiger partial charge in [0.05, 0.1) is 12.4 Å². The number of likely N-dealkylation sites (tertiary alicyclic amines) is 1. The van der Waals surface area contributed by atoms with Gasteiger partial charge in [0.1, 0.15) is 5.84 Å². The van der Waals surface area contributed by atoms with Crippen LogP contribution in [0, 0.1) is 16.7 Å². The number of rotatable bonds is 7. The van der Waals surface area contributed by atoms with Gasteiger partial charge in [-0.2, -0.15) is 0 Å². The maximum Gasteiger partial charge on any atom is 0.159 e. The quantitative estimate of drug-likeness (QED) is 0.366. The maximum absolute atomic E-state index is 12.0. The number of nitrogens with two attached hydrogens (primary N) is 1. The summed E-state index contributed by atoms with van der Waals surface area (Å²) in [6.07, 6.45) is 2.07. The smallest absolute Gasteiger partial charge is 0.159 e. The third kappa shape index (κ3) is 5.54. The van der Waals surface area contributed by atoms with Gasteiger partial charge in [0.2, 0.25) is 0 Å². The van der Waals surface area contributed by atoms with Gasteiger partial charge in [-0.3, -0.25) is 15.6 Å². The van der Waals surface area contributed by atoms with Gasteiger partial charge in [0.25, 0.3) is 0 Å². The number of nitrogens with zero attached hydrogens (tertiary/aromatic N) is 1. The minimum Gasteiger partial charge on any atom is -0.384 e. The van der Waals surface area contributed by atoms with Crippen LogP contribution in [0.2, 0.25) is 0 Å². The van der Waals surface area contributed by atoms with Crippen molar-refractivity contribution < 1.29 is 9.53 Å². The van der Waals surface area contributed by atoms with Gasteiger partial charge in [-0.25, -0.2) is 0 Å². The summed E-state index contributed by atoms with van der Waals surface area (Å²) in [5, 5.41) is 15.4. The van der Waals surface area contributed by atoms with Crippen LogP contribution in [0.3, 0.4) is 0 Å². The lowest BCUT2D eigenvalue weighted by atomic mass is 9.96. The number of nitrogen functional groups attached to an aromatic ring is 1. The minimum atomic E-state index is 0.00945. The topological polar surface area (TPSA) is 103 Å². The Morgan fingerprint density at radius 2 is 1.77 bits per heavy atom. The number of hydrogen-bond donors (Lipinski definition) is 3. The average molecular weight is 407 g/mol. The van der Waals surface area contributed by atoms with Crippen molar-refractivity contribution in [1.29, 1.82) is 10.8 Å². The van der Waals surface area contributed by atoms with Crippen molar-refractivity contribution in [2.45, 2.75) is 33.3 Å². The van der Waals surface area contributed by atoms with Crippen LogP contribution < -0.4 is 5.73 Å². The largest absolute Gasteiger partial charge is 0.384 e. The molecule has 0 saturated carbocycles. The van der Waals surface area contributed by atoms with E-state index in [0.717, 1.165) is 42.6 Å². The molecule has 2 aromatic rings. The van der Waals surface area contributed by atoms with Gasteiger partial charge < -0.3 is 15.4 Å². The summed E-state index contributed by atoms with van der Waals surface area (Å²) in [6, 6.07) is 13.3. The van der Waals surface area contributed by atoms with E-state index >= 15 is 0 Å². The number of benzene rings is 2. The Hall–Kier alpha value is -2.99. The van der Waals surface area contributed by atoms with Crippen molar-refractivity contribution in [1.82, 2.24) is 4.90 Å². The van der Waals surface area contributed by atoms with Gasteiger partial charge in [-0.1, -0.05) is 18.2 Å². The fourth-order valence-electron chi connectivity index (χ4n) is 3.79. The molecule has 6 heteroatoms. The first kappa shape index (κ1) is 21.7. The van der Waals surface area contributed by atoms with Gasteiger partial charge in [0, 0.05) is 30.8 Å². The molecule has 158 valence electrons. The molecule has 4 N–H and O–H groups in total. The van der Waals surface area contributed by atoms with Crippen LogP contribution in [-0.4, -0.2) is 42.1 Å². The van der Waals surface area contributed by atoms with Gasteiger partial charge in [-0.05, 0) is 73.6 Å². The molecular weight excluding hydrogens is 376 g/mol. The third-order valence-corrected chi connectivity index (χ3v) is 5.62. The molecule has 3 rings (SSSR count). The zero-order chi connectivity index (χ0) is 21.7. The second kappa shape index (κ2) is 9.67. The molecule has 1 aliphatic rings. The van der Waals surface area contributed by atoms with Crippen LogP contribution in [0.15, 0.2) is 42.5 Å². The Kier molecular flexibility index (Phi) is 7.00. The number of ketones is 1. The van der Waals surface area contributed by atoms with Crippen LogP contribution in [-0.2, 0) is 11.3 Å². The first-order chi connectivity index (χ1) is 14.3. The Balaban J connectivity index is 1.69. The van der Waals surface area contributed by atoms with E-state index in [4.69, 9.17) is 21.3 Å². The zero-order valence-electron chi connectivity index (χ0n) is 17.7. The molecule has 0 amide bonds. The predicted molar refractivity (Wildman–Crippen MR) is 120 cm³/mol. The molecule has 1 aliphatic heterocycles. The van der Waals surface area contributed by atoms with Crippen molar-refractivity contribution in [3.63, 3.8) is 0 Å². The van der Waals surface area contributed by atoms with E-state index in [9.17, 15) is 4.79 Å². The van der Waals surface area contributed by atoms with Crippen molar-refractivity contribution in [3.05, 3.63) is 59.2 Å². The zero-order valence-corrected chi connectivity index (χ0v) is 17.7. The molecule has 0 spiro atoms. The summed E-state index contributed by atoms with van der Waals surface area (Å²) in [5.74, 6) is 1.17. The monoisotopic (exact) mass is 406 g/mol. The number of piperidine rings is 1. The van der Waals surface area contributed by atoms with E-state index in [1.807, 2.05) is 43.3 Å². The SMILES string of the molecule is CC(=N)N1CCC(COCc2cc(C(C)=O)cc(-c3cccc(C(=N)N)c3)c2)CC1. The summed E-state index contributed by atoms with van der Waals surface area (Å²) < 4.78 is 6.00. The van der Waals surface area contributed by atoms with Crippen molar-refractivity contribution >= 4 is 17.5 Å². The molecule has 1 saturated heterocycles. The van der Waals surface area contributed by atoms with Crippen LogP contribution >= 0.6 is 0 Å². The summed E-state index contributed by atoms with van der Waals surface area (Å²) in [4.78, 5) is 14.2. The van der Waals surface area contributed by atoms with Crippen LogP contribution in [0.5, 0.6) is 0 Å². The lowest BCUT2D eigenvalue weighted by Crippen LogP contribution is -2.37. The van der Waals surface area contributed by atoms with E-state index in [2.05, 4.69) is 4.90 Å². The second-order valence-electron chi connectivity index (χ2n) is 8.00. The Morgan fingerprint density at radius 1 is 1.07 bits per heavy atom. The highest BCUT2D eigenvalue weighted by molar-refractivity contribution is 5.97. The summed E-state index contributed by atoms with van der Waals surface area (Å²) >= 11 is 0. The molecule has 6 nitrogen and oxygen atoms in total. The van der Waals surface area contributed by atoms with E-state index in [1.165, 1.54) is 0 Å². The molecule has 0 radical (unpaired) electrons. The summed E-state index contributed by atoms with van der Waals surface area (Å²) in [7, 11) is 0. The molecular formula is C24H30N4O2. The molecule has 0 aliphatic carbocycles. The lowest BCUT2D eigenvalue weighted by molar-refractivity contribution is 0.0673. The number of Topliss-reactive ketones (excluding diaryl/α,β-unsaturated/α-hetero) is 1. The number of hydrogen-bond acceptors (Lipinski definition) is 4. The standard InChI is InChI=1S/C24H30N4O2/c1-16(29)22-10-19(15-30-14-18-6-8-28(9-7-18)17(2)25)11-23(13-22)20-4-3-5-21(12-20)24(26)27/h3-5,10-13,18,25H,6-9,14-15H2,1-2H3,(H3,26,27). The van der Waals surface area contributed by atoms with Gasteiger partial charge in [0.15, 0.2) is 5.78 Å². The fraction of sp³-hybridized carbons (Fsp3) is 0.375. The molecule has 0 aromatic heterocycles. The van der Waals surface area contributed by atoms with Crippen LogP contribution in [0.4, 0.5) is 0 Å². The maximum atomic E-state index is 12.0. The highest BCUT2D eigenvalue weighted by Gasteiger charge is 2.19. The van der Waals surface area contributed by atoms with Crippen LogP contribution in [0.1, 0.15) is 48.2 Å². The fourth-order valence-corrected chi connectivity index (χ4v) is 3.79. The molecule has 0 atom stereocenters. The number of carbonyl (C=O) groups excluding carboxylic acids is 1. The van der Waals surface area contributed by atoms with Crippen LogP contribution in [0.25, 0.3) is 11.1 Å². The Bertz CT molecular complexity index is 946. The second-order valence-corrected chi connectivity index (χ2v) is 8.00. The van der Waals surface area contributed by atoms with E-state index < -0.39 is 0 Å². The first-order valence-corrected chi connectivity index (χ1v) is 10.3. The van der Waals surface area contributed by atoms with E-state index in [1.54, 1.807) is 13.0 Å². The Labute approximate surface area is 178 Å². The summed E-state index contributed by atoms with van der Waals surface area (Å²) in [6.45, 7) is 6.37. The molecule has 1 heterocycles. The first-order valence-electron chi connectivity index (χ1n) is 10.3. The molecule has 2 aromatic carbocycles. The minimum absolute atomic E-state index is 0.00945. The van der Waals surface area contributed by atoms with E-state index in [0.29, 0.717) is 36.1 Å². The lowest BCUT2D eigenvalue weighted by Gasteiger charge is -2.32. The number of ether oxygens (including phenoxy) is 1. The highest BCUT2D eigenvalue weighted by atomic mass is 16.5. The number of nitrogens with one attached hydrogen (secondary N) is 2. The van der Waals surface area contributed by atoms with Crippen molar-refractivity contribution in [2.75, 3.05) is 19.7 Å². The highest BCUT2D eigenvalue weighted by Crippen LogP contribution is 2.25. The third-order valence-electron chi connectivity index (χ3n) is 5.62. The van der Waals surface area contributed by atoms with Gasteiger partial charge >= 0.3 is 0 Å². The summed E-state index contributed by atoms with van der Waals surface area (Å²) in [5.41, 5.74) is 9.72. The van der Waals surface area contributed by atoms with Crippen molar-refractivity contribution in [2.24, 2.45) is 11.7 Å². The molecule has 0 unspecified atom stereocenters. The van der Waals surface area contributed by atoms with Gasteiger partial charge in [-0.15, -0.1) is 0 Å². The predicted octanol–water partition coefficient (Wildman–Crippen LogP) is 4.07. The van der Waals surface area contributed by atoms with Crippen molar-refractivity contribution in [3.8, 4) is 11.1 Å². The molecule has 0 bridgehead atoms. The molecule has 1 fully saturated rings. The van der Waals surface area contributed by atoms with E-state index in [-0.39, 0.29) is 11.6 Å².